The SMILES string of the molecule is COc1cccn2c(=O)c(C=O)c(Nc3ccccc3)nc12. The van der Waals surface area contributed by atoms with Gasteiger partial charge in [-0.15, -0.1) is 0 Å². The van der Waals surface area contributed by atoms with Crippen molar-refractivity contribution in [3.8, 4) is 5.75 Å². The summed E-state index contributed by atoms with van der Waals surface area (Å²) in [6, 6.07) is 12.6. The van der Waals surface area contributed by atoms with E-state index in [4.69, 9.17) is 4.74 Å². The van der Waals surface area contributed by atoms with Crippen LogP contribution in [0.1, 0.15) is 10.4 Å². The zero-order valence-corrected chi connectivity index (χ0v) is 11.8. The number of pyridine rings is 1. The summed E-state index contributed by atoms with van der Waals surface area (Å²) < 4.78 is 6.51. The zero-order valence-electron chi connectivity index (χ0n) is 11.8. The number of fused-ring (bicyclic) bond motifs is 1. The summed E-state index contributed by atoms with van der Waals surface area (Å²) in [6.45, 7) is 0. The second-order valence-corrected chi connectivity index (χ2v) is 4.56. The number of nitrogens with one attached hydrogen (secondary N) is 1. The molecule has 6 heteroatoms. The lowest BCUT2D eigenvalue weighted by atomic mass is 10.2. The van der Waals surface area contributed by atoms with Crippen molar-refractivity contribution in [3.05, 3.63) is 64.6 Å². The maximum absolute atomic E-state index is 12.4. The third-order valence-corrected chi connectivity index (χ3v) is 3.23. The maximum atomic E-state index is 12.4. The van der Waals surface area contributed by atoms with E-state index in [1.165, 1.54) is 11.5 Å². The number of rotatable bonds is 4. The van der Waals surface area contributed by atoms with Gasteiger partial charge in [0.1, 0.15) is 11.4 Å². The number of anilines is 2. The number of hydrogen-bond acceptors (Lipinski definition) is 5. The number of ether oxygens (including phenoxy) is 1. The van der Waals surface area contributed by atoms with Crippen LogP contribution >= 0.6 is 0 Å². The molecule has 0 unspecified atom stereocenters. The number of aldehydes is 1. The summed E-state index contributed by atoms with van der Waals surface area (Å²) >= 11 is 0. The molecule has 0 aliphatic rings. The largest absolute Gasteiger partial charge is 0.493 e. The van der Waals surface area contributed by atoms with Crippen molar-refractivity contribution in [1.82, 2.24) is 9.38 Å². The summed E-state index contributed by atoms with van der Waals surface area (Å²) in [5.74, 6) is 0.656. The second kappa shape index (κ2) is 5.69. The van der Waals surface area contributed by atoms with E-state index >= 15 is 0 Å². The highest BCUT2D eigenvalue weighted by atomic mass is 16.5. The molecular weight excluding hydrogens is 282 g/mol. The van der Waals surface area contributed by atoms with Crippen LogP contribution in [0.3, 0.4) is 0 Å². The molecule has 2 aromatic heterocycles. The molecule has 3 aromatic rings. The maximum Gasteiger partial charge on any atom is 0.270 e. The fourth-order valence-corrected chi connectivity index (χ4v) is 2.17. The molecule has 1 aromatic carbocycles. The average Bonchev–Trinajstić information content (AvgIpc) is 2.56. The van der Waals surface area contributed by atoms with Crippen molar-refractivity contribution in [2.45, 2.75) is 0 Å². The summed E-state index contributed by atoms with van der Waals surface area (Å²) in [7, 11) is 1.50. The highest BCUT2D eigenvalue weighted by molar-refractivity contribution is 5.84. The molecule has 0 radical (unpaired) electrons. The molecule has 2 heterocycles. The predicted molar refractivity (Wildman–Crippen MR) is 83.1 cm³/mol. The van der Waals surface area contributed by atoms with Crippen LogP contribution in [0, 0.1) is 0 Å². The van der Waals surface area contributed by atoms with Gasteiger partial charge in [0.15, 0.2) is 17.7 Å². The highest BCUT2D eigenvalue weighted by Gasteiger charge is 2.14. The molecule has 0 atom stereocenters. The Morgan fingerprint density at radius 3 is 2.64 bits per heavy atom. The first kappa shape index (κ1) is 13.8. The van der Waals surface area contributed by atoms with E-state index in [1.807, 2.05) is 30.3 Å². The molecular formula is C16H13N3O3. The normalized spacial score (nSPS) is 10.4. The molecule has 0 bridgehead atoms. The van der Waals surface area contributed by atoms with Crippen molar-refractivity contribution in [3.63, 3.8) is 0 Å². The monoisotopic (exact) mass is 295 g/mol. The van der Waals surface area contributed by atoms with E-state index in [0.717, 1.165) is 5.69 Å². The Balaban J connectivity index is 2.25. The number of benzene rings is 1. The van der Waals surface area contributed by atoms with Crippen molar-refractivity contribution in [2.75, 3.05) is 12.4 Å². The van der Waals surface area contributed by atoms with Crippen LogP contribution in [0.15, 0.2) is 53.5 Å². The Kier molecular flexibility index (Phi) is 3.57. The van der Waals surface area contributed by atoms with Gasteiger partial charge in [-0.3, -0.25) is 14.0 Å². The molecule has 0 saturated carbocycles. The Morgan fingerprint density at radius 1 is 1.18 bits per heavy atom. The minimum atomic E-state index is -0.447. The number of aromatic nitrogens is 2. The Hall–Kier alpha value is -3.15. The van der Waals surface area contributed by atoms with Gasteiger partial charge < -0.3 is 10.1 Å². The number of methoxy groups -OCH3 is 1. The smallest absolute Gasteiger partial charge is 0.270 e. The van der Waals surface area contributed by atoms with Crippen molar-refractivity contribution in [2.24, 2.45) is 0 Å². The van der Waals surface area contributed by atoms with Gasteiger partial charge in [0.05, 0.1) is 7.11 Å². The molecule has 1 N–H and O–H groups in total. The molecule has 0 saturated heterocycles. The number of carbonyl (C=O) groups excluding carboxylic acids is 1. The van der Waals surface area contributed by atoms with Gasteiger partial charge in [-0.25, -0.2) is 4.98 Å². The number of carbonyl (C=O) groups is 1. The van der Waals surface area contributed by atoms with Crippen LogP contribution in [0.4, 0.5) is 11.5 Å². The van der Waals surface area contributed by atoms with Crippen molar-refractivity contribution >= 4 is 23.4 Å². The highest BCUT2D eigenvalue weighted by Crippen LogP contribution is 2.21. The molecule has 0 fully saturated rings. The van der Waals surface area contributed by atoms with Gasteiger partial charge in [-0.1, -0.05) is 18.2 Å². The van der Waals surface area contributed by atoms with E-state index in [1.54, 1.807) is 18.3 Å². The van der Waals surface area contributed by atoms with Crippen LogP contribution in [-0.2, 0) is 0 Å². The second-order valence-electron chi connectivity index (χ2n) is 4.56. The van der Waals surface area contributed by atoms with Crippen LogP contribution in [0.2, 0.25) is 0 Å². The molecule has 0 aliphatic carbocycles. The topological polar surface area (TPSA) is 72.7 Å². The lowest BCUT2D eigenvalue weighted by molar-refractivity contribution is 0.112. The Labute approximate surface area is 126 Å². The number of nitrogens with zero attached hydrogens (tertiary/aromatic N) is 2. The molecule has 0 amide bonds. The van der Waals surface area contributed by atoms with E-state index < -0.39 is 5.56 Å². The first-order chi connectivity index (χ1) is 10.7. The van der Waals surface area contributed by atoms with Gasteiger partial charge in [-0.2, -0.15) is 0 Å². The fourth-order valence-electron chi connectivity index (χ4n) is 2.17. The van der Waals surface area contributed by atoms with Crippen molar-refractivity contribution < 1.29 is 9.53 Å². The van der Waals surface area contributed by atoms with Gasteiger partial charge in [-0.05, 0) is 24.3 Å². The summed E-state index contributed by atoms with van der Waals surface area (Å²) in [5.41, 5.74) is 0.600. The molecule has 22 heavy (non-hydrogen) atoms. The Bertz CT molecular complexity index is 888. The van der Waals surface area contributed by atoms with E-state index in [-0.39, 0.29) is 11.4 Å². The molecule has 3 rings (SSSR count). The average molecular weight is 295 g/mol. The molecule has 110 valence electrons. The van der Waals surface area contributed by atoms with Crippen LogP contribution < -0.4 is 15.6 Å². The first-order valence-corrected chi connectivity index (χ1v) is 6.61. The lowest BCUT2D eigenvalue weighted by Crippen LogP contribution is -2.21. The molecule has 0 spiro atoms. The van der Waals surface area contributed by atoms with Gasteiger partial charge in [0, 0.05) is 11.9 Å². The van der Waals surface area contributed by atoms with Gasteiger partial charge in [0.2, 0.25) is 0 Å². The lowest BCUT2D eigenvalue weighted by Gasteiger charge is -2.11. The quantitative estimate of drug-likeness (QED) is 0.747. The number of para-hydroxylation sites is 1. The molecule has 6 nitrogen and oxygen atoms in total. The van der Waals surface area contributed by atoms with Crippen LogP contribution in [-0.4, -0.2) is 22.8 Å². The minimum Gasteiger partial charge on any atom is -0.493 e. The zero-order chi connectivity index (χ0) is 15.5. The van der Waals surface area contributed by atoms with Crippen LogP contribution in [0.25, 0.3) is 5.65 Å². The van der Waals surface area contributed by atoms with E-state index in [9.17, 15) is 9.59 Å². The third kappa shape index (κ3) is 2.31. The van der Waals surface area contributed by atoms with Crippen LogP contribution in [0.5, 0.6) is 5.75 Å². The van der Waals surface area contributed by atoms with Crippen molar-refractivity contribution in [1.29, 1.82) is 0 Å². The molecule has 0 aliphatic heterocycles. The predicted octanol–water partition coefficient (Wildman–Crippen LogP) is 2.26. The summed E-state index contributed by atoms with van der Waals surface area (Å²) in [5, 5.41) is 3.00. The third-order valence-electron chi connectivity index (χ3n) is 3.23. The fraction of sp³-hybridized carbons (Fsp3) is 0.0625. The standard InChI is InChI=1S/C16H13N3O3/c1-22-13-8-5-9-19-15(13)18-14(12(10-20)16(19)21)17-11-6-3-2-4-7-11/h2-10,17H,1H3. The van der Waals surface area contributed by atoms with Gasteiger partial charge >= 0.3 is 0 Å². The number of hydrogen-bond donors (Lipinski definition) is 1. The van der Waals surface area contributed by atoms with E-state index in [2.05, 4.69) is 10.3 Å². The first-order valence-electron chi connectivity index (χ1n) is 6.61. The minimum absolute atomic E-state index is 0.0328. The van der Waals surface area contributed by atoms with Gasteiger partial charge in [0.25, 0.3) is 5.56 Å². The van der Waals surface area contributed by atoms with E-state index in [0.29, 0.717) is 17.7 Å². The Morgan fingerprint density at radius 2 is 1.95 bits per heavy atom. The summed E-state index contributed by atoms with van der Waals surface area (Å²) in [4.78, 5) is 28.1. The summed E-state index contributed by atoms with van der Waals surface area (Å²) in [6.07, 6.45) is 2.05.